The van der Waals surface area contributed by atoms with Crippen molar-refractivity contribution < 1.29 is 0 Å². The van der Waals surface area contributed by atoms with Gasteiger partial charge >= 0.3 is 0 Å². The van der Waals surface area contributed by atoms with Crippen molar-refractivity contribution in [2.45, 2.75) is 0 Å². The molecule has 0 heterocycles. The predicted molar refractivity (Wildman–Crippen MR) is 69.1 cm³/mol. The van der Waals surface area contributed by atoms with Crippen molar-refractivity contribution in [3.63, 3.8) is 0 Å². The molecule has 15 heavy (non-hydrogen) atoms. The highest BCUT2D eigenvalue weighted by molar-refractivity contribution is 6.18. The van der Waals surface area contributed by atoms with Crippen LogP contribution in [0.5, 0.6) is 0 Å². The largest absolute Gasteiger partial charge is 0.380 e. The Balaban J connectivity index is 2.63. The van der Waals surface area contributed by atoms with E-state index in [0.29, 0.717) is 5.88 Å². The molecule has 1 aromatic rings. The van der Waals surface area contributed by atoms with Crippen molar-refractivity contribution in [1.29, 1.82) is 0 Å². The third-order valence-corrected chi connectivity index (χ3v) is 2.23. The van der Waals surface area contributed by atoms with Crippen molar-refractivity contribution in [1.82, 2.24) is 0 Å². The van der Waals surface area contributed by atoms with Crippen molar-refractivity contribution in [3.05, 3.63) is 36.4 Å². The zero-order valence-corrected chi connectivity index (χ0v) is 9.96. The average Bonchev–Trinajstić information content (AvgIpc) is 2.25. The van der Waals surface area contributed by atoms with Crippen molar-refractivity contribution >= 4 is 23.0 Å². The number of anilines is 2. The molecular formula is C12H17ClN2. The number of rotatable bonds is 5. The van der Waals surface area contributed by atoms with Gasteiger partial charge in [-0.2, -0.15) is 0 Å². The van der Waals surface area contributed by atoms with Crippen LogP contribution in [0.25, 0.3) is 0 Å². The fraction of sp³-hybridized carbons (Fsp3) is 0.333. The van der Waals surface area contributed by atoms with Gasteiger partial charge in [-0.3, -0.25) is 0 Å². The molecule has 0 saturated carbocycles. The molecule has 82 valence electrons. The highest BCUT2D eigenvalue weighted by Crippen LogP contribution is 2.22. The lowest BCUT2D eigenvalue weighted by atomic mass is 10.2. The summed E-state index contributed by atoms with van der Waals surface area (Å²) >= 11 is 5.54. The van der Waals surface area contributed by atoms with E-state index in [-0.39, 0.29) is 0 Å². The number of allylic oxidation sites excluding steroid dienone is 1. The van der Waals surface area contributed by atoms with E-state index in [4.69, 9.17) is 11.6 Å². The summed E-state index contributed by atoms with van der Waals surface area (Å²) < 4.78 is 0. The van der Waals surface area contributed by atoms with Crippen LogP contribution in [0.1, 0.15) is 0 Å². The van der Waals surface area contributed by atoms with Crippen LogP contribution in [0.15, 0.2) is 36.4 Å². The highest BCUT2D eigenvalue weighted by atomic mass is 35.5. The lowest BCUT2D eigenvalue weighted by Crippen LogP contribution is -2.12. The summed E-state index contributed by atoms with van der Waals surface area (Å²) in [6, 6.07) is 8.23. The minimum Gasteiger partial charge on any atom is -0.380 e. The van der Waals surface area contributed by atoms with Gasteiger partial charge in [-0.1, -0.05) is 24.3 Å². The molecule has 0 aliphatic heterocycles. The molecule has 0 amide bonds. The van der Waals surface area contributed by atoms with Crippen LogP contribution in [0.3, 0.4) is 0 Å². The molecule has 1 N–H and O–H groups in total. The van der Waals surface area contributed by atoms with Gasteiger partial charge in [0.2, 0.25) is 0 Å². The number of nitrogens with one attached hydrogen (secondary N) is 1. The molecule has 0 saturated heterocycles. The molecular weight excluding hydrogens is 208 g/mol. The smallest absolute Gasteiger partial charge is 0.0596 e. The lowest BCUT2D eigenvalue weighted by molar-refractivity contribution is 1.13. The standard InChI is InChI=1S/C12H17ClN2/c1-15(2)12-8-4-3-7-11(12)14-10-6-5-9-13/h3-8,14H,9-10H2,1-2H3/b6-5+. The molecule has 0 aliphatic carbocycles. The van der Waals surface area contributed by atoms with Crippen LogP contribution in [0.2, 0.25) is 0 Å². The third-order valence-electron chi connectivity index (χ3n) is 2.05. The van der Waals surface area contributed by atoms with E-state index in [9.17, 15) is 0 Å². The highest BCUT2D eigenvalue weighted by Gasteiger charge is 2.00. The van der Waals surface area contributed by atoms with Gasteiger partial charge in [-0.15, -0.1) is 11.6 Å². The first-order chi connectivity index (χ1) is 7.25. The molecule has 0 atom stereocenters. The Morgan fingerprint density at radius 3 is 2.67 bits per heavy atom. The van der Waals surface area contributed by atoms with Gasteiger partial charge in [0, 0.05) is 26.5 Å². The number of alkyl halides is 1. The summed E-state index contributed by atoms with van der Waals surface area (Å²) in [6.45, 7) is 0.803. The molecule has 0 bridgehead atoms. The minimum absolute atomic E-state index is 0.566. The molecule has 1 rings (SSSR count). The van der Waals surface area contributed by atoms with Crippen LogP contribution in [0, 0.1) is 0 Å². The van der Waals surface area contributed by atoms with Crippen molar-refractivity contribution in [3.8, 4) is 0 Å². The Labute approximate surface area is 96.5 Å². The zero-order valence-electron chi connectivity index (χ0n) is 9.20. The summed E-state index contributed by atoms with van der Waals surface area (Å²) in [5.41, 5.74) is 2.33. The van der Waals surface area contributed by atoms with Gasteiger partial charge in [0.25, 0.3) is 0 Å². The Bertz CT molecular complexity index is 321. The van der Waals surface area contributed by atoms with Gasteiger partial charge in [0.15, 0.2) is 0 Å². The van der Waals surface area contributed by atoms with E-state index in [2.05, 4.69) is 22.3 Å². The van der Waals surface area contributed by atoms with E-state index in [0.717, 1.165) is 12.2 Å². The fourth-order valence-electron chi connectivity index (χ4n) is 1.33. The summed E-state index contributed by atoms with van der Waals surface area (Å²) in [7, 11) is 4.07. The summed E-state index contributed by atoms with van der Waals surface area (Å²) in [5, 5.41) is 3.34. The van der Waals surface area contributed by atoms with E-state index in [1.165, 1.54) is 5.69 Å². The van der Waals surface area contributed by atoms with Crippen LogP contribution >= 0.6 is 11.6 Å². The average molecular weight is 225 g/mol. The van der Waals surface area contributed by atoms with Crippen LogP contribution in [-0.2, 0) is 0 Å². The Morgan fingerprint density at radius 2 is 2.00 bits per heavy atom. The SMILES string of the molecule is CN(C)c1ccccc1NC/C=C/CCl. The van der Waals surface area contributed by atoms with E-state index in [1.807, 2.05) is 38.4 Å². The van der Waals surface area contributed by atoms with Crippen molar-refractivity contribution in [2.24, 2.45) is 0 Å². The maximum atomic E-state index is 5.54. The number of hydrogen-bond donors (Lipinski definition) is 1. The first-order valence-electron chi connectivity index (χ1n) is 4.97. The monoisotopic (exact) mass is 224 g/mol. The van der Waals surface area contributed by atoms with Gasteiger partial charge in [0.05, 0.1) is 11.4 Å². The number of nitrogens with zero attached hydrogens (tertiary/aromatic N) is 1. The minimum atomic E-state index is 0.566. The van der Waals surface area contributed by atoms with Gasteiger partial charge < -0.3 is 10.2 Å². The van der Waals surface area contributed by atoms with Crippen LogP contribution < -0.4 is 10.2 Å². The van der Waals surface area contributed by atoms with Gasteiger partial charge in [-0.05, 0) is 12.1 Å². The van der Waals surface area contributed by atoms with Crippen LogP contribution in [0.4, 0.5) is 11.4 Å². The normalized spacial score (nSPS) is 10.6. The second kappa shape index (κ2) is 6.36. The fourth-order valence-corrected chi connectivity index (χ4v) is 1.45. The third kappa shape index (κ3) is 3.84. The first kappa shape index (κ1) is 11.9. The predicted octanol–water partition coefficient (Wildman–Crippen LogP) is 2.96. The van der Waals surface area contributed by atoms with E-state index < -0.39 is 0 Å². The summed E-state index contributed by atoms with van der Waals surface area (Å²) in [5.74, 6) is 0.566. The maximum Gasteiger partial charge on any atom is 0.0596 e. The molecule has 0 aliphatic rings. The van der Waals surface area contributed by atoms with E-state index in [1.54, 1.807) is 0 Å². The number of benzene rings is 1. The Kier molecular flexibility index (Phi) is 5.05. The molecule has 1 aromatic carbocycles. The summed E-state index contributed by atoms with van der Waals surface area (Å²) in [6.07, 6.45) is 3.96. The second-order valence-electron chi connectivity index (χ2n) is 3.42. The zero-order chi connectivity index (χ0) is 11.1. The van der Waals surface area contributed by atoms with Crippen molar-refractivity contribution in [2.75, 3.05) is 36.7 Å². The Morgan fingerprint density at radius 1 is 1.27 bits per heavy atom. The quantitative estimate of drug-likeness (QED) is 0.611. The summed E-state index contributed by atoms with van der Waals surface area (Å²) in [4.78, 5) is 2.09. The van der Waals surface area contributed by atoms with Gasteiger partial charge in [-0.25, -0.2) is 0 Å². The number of hydrogen-bond acceptors (Lipinski definition) is 2. The lowest BCUT2D eigenvalue weighted by Gasteiger charge is -2.17. The molecule has 2 nitrogen and oxygen atoms in total. The molecule has 0 fully saturated rings. The van der Waals surface area contributed by atoms with Crippen LogP contribution in [-0.4, -0.2) is 26.5 Å². The molecule has 0 radical (unpaired) electrons. The molecule has 3 heteroatoms. The molecule has 0 unspecified atom stereocenters. The molecule has 0 spiro atoms. The Hall–Kier alpha value is -1.15. The van der Waals surface area contributed by atoms with E-state index >= 15 is 0 Å². The first-order valence-corrected chi connectivity index (χ1v) is 5.50. The second-order valence-corrected chi connectivity index (χ2v) is 3.73. The van der Waals surface area contributed by atoms with Gasteiger partial charge in [0.1, 0.15) is 0 Å². The molecule has 0 aromatic heterocycles. The number of para-hydroxylation sites is 2. The topological polar surface area (TPSA) is 15.3 Å². The maximum absolute atomic E-state index is 5.54. The number of halogens is 1.